The van der Waals surface area contributed by atoms with Crippen LogP contribution in [-0.4, -0.2) is 20.4 Å². The standard InChI is InChI=1S/C12H15N3O3S/c1-9-8-18-12(7-15(9)2)14-19(16,17)11-5-3-10(13)4-6-11/h3-8,14H,13H2,1-2H3. The number of nitrogens with two attached hydrogens (primary N) is 1. The fourth-order valence-electron chi connectivity index (χ4n) is 1.43. The number of hydrogen-bond donors (Lipinski definition) is 2. The van der Waals surface area contributed by atoms with Gasteiger partial charge in [0.25, 0.3) is 10.0 Å². The van der Waals surface area contributed by atoms with E-state index in [1.54, 1.807) is 18.1 Å². The molecule has 0 atom stereocenters. The Labute approximate surface area is 112 Å². The van der Waals surface area contributed by atoms with Gasteiger partial charge in [-0.3, -0.25) is 0 Å². The van der Waals surface area contributed by atoms with E-state index in [1.165, 1.54) is 30.5 Å². The third kappa shape index (κ3) is 3.00. The van der Waals surface area contributed by atoms with Crippen molar-refractivity contribution in [2.45, 2.75) is 11.8 Å². The minimum absolute atomic E-state index is 0.125. The Morgan fingerprint density at radius 3 is 2.47 bits per heavy atom. The second-order valence-corrected chi connectivity index (χ2v) is 5.84. The summed E-state index contributed by atoms with van der Waals surface area (Å²) in [5.41, 5.74) is 6.90. The Bertz CT molecular complexity index is 633. The second kappa shape index (κ2) is 4.85. The lowest BCUT2D eigenvalue weighted by Crippen LogP contribution is -2.27. The molecule has 19 heavy (non-hydrogen) atoms. The molecule has 1 aromatic carbocycles. The highest BCUT2D eigenvalue weighted by molar-refractivity contribution is 7.89. The van der Waals surface area contributed by atoms with E-state index in [-0.39, 0.29) is 10.8 Å². The number of sulfonamides is 1. The van der Waals surface area contributed by atoms with Gasteiger partial charge < -0.3 is 15.4 Å². The molecule has 0 saturated heterocycles. The summed E-state index contributed by atoms with van der Waals surface area (Å²) in [6, 6.07) is 5.93. The fourth-order valence-corrected chi connectivity index (χ4v) is 2.41. The molecule has 1 aromatic rings. The van der Waals surface area contributed by atoms with Crippen molar-refractivity contribution in [1.82, 2.24) is 9.62 Å². The molecule has 0 spiro atoms. The number of nitrogen functional groups attached to an aromatic ring is 1. The SMILES string of the molecule is CC1=COC(NS(=O)(=O)c2ccc(N)cc2)=CN1C. The first-order valence-electron chi connectivity index (χ1n) is 5.55. The Morgan fingerprint density at radius 1 is 1.26 bits per heavy atom. The maximum atomic E-state index is 12.1. The summed E-state index contributed by atoms with van der Waals surface area (Å²) in [5, 5.41) is 0. The number of rotatable bonds is 3. The Hall–Kier alpha value is -2.15. The zero-order valence-corrected chi connectivity index (χ0v) is 11.4. The van der Waals surface area contributed by atoms with Crippen LogP contribution in [0, 0.1) is 0 Å². The molecule has 0 fully saturated rings. The Kier molecular flexibility index (Phi) is 3.39. The monoisotopic (exact) mass is 281 g/mol. The van der Waals surface area contributed by atoms with Crippen LogP contribution in [0.5, 0.6) is 0 Å². The fraction of sp³-hybridized carbons (Fsp3) is 0.167. The van der Waals surface area contributed by atoms with Crippen LogP contribution < -0.4 is 10.5 Å². The van der Waals surface area contributed by atoms with Crippen LogP contribution in [0.3, 0.4) is 0 Å². The molecule has 0 aliphatic carbocycles. The second-order valence-electron chi connectivity index (χ2n) is 4.16. The van der Waals surface area contributed by atoms with Crippen LogP contribution in [0.25, 0.3) is 0 Å². The maximum Gasteiger partial charge on any atom is 0.264 e. The molecular formula is C12H15N3O3S. The molecule has 102 valence electrons. The molecule has 6 nitrogen and oxygen atoms in total. The summed E-state index contributed by atoms with van der Waals surface area (Å²) in [7, 11) is -1.87. The first-order valence-corrected chi connectivity index (χ1v) is 7.03. The number of ether oxygens (including phenoxy) is 1. The maximum absolute atomic E-state index is 12.1. The van der Waals surface area contributed by atoms with Crippen molar-refractivity contribution in [3.05, 3.63) is 48.3 Å². The van der Waals surface area contributed by atoms with Gasteiger partial charge >= 0.3 is 0 Å². The van der Waals surface area contributed by atoms with E-state index in [1.807, 2.05) is 6.92 Å². The van der Waals surface area contributed by atoms with Crippen molar-refractivity contribution in [3.8, 4) is 0 Å². The Morgan fingerprint density at radius 2 is 1.89 bits per heavy atom. The lowest BCUT2D eigenvalue weighted by Gasteiger charge is -2.22. The summed E-state index contributed by atoms with van der Waals surface area (Å²) >= 11 is 0. The summed E-state index contributed by atoms with van der Waals surface area (Å²) in [6.45, 7) is 1.85. The highest BCUT2D eigenvalue weighted by atomic mass is 32.2. The quantitative estimate of drug-likeness (QED) is 0.812. The number of benzene rings is 1. The van der Waals surface area contributed by atoms with Crippen LogP contribution in [0.4, 0.5) is 5.69 Å². The molecule has 0 saturated carbocycles. The van der Waals surface area contributed by atoms with Crippen LogP contribution in [0.15, 0.2) is 53.2 Å². The normalized spacial score (nSPS) is 15.4. The van der Waals surface area contributed by atoms with Crippen LogP contribution in [0.1, 0.15) is 6.92 Å². The van der Waals surface area contributed by atoms with Gasteiger partial charge in [0.1, 0.15) is 6.26 Å². The summed E-state index contributed by atoms with van der Waals surface area (Å²) in [5.74, 6) is 0.143. The van der Waals surface area contributed by atoms with Gasteiger partial charge in [0.05, 0.1) is 11.1 Å². The van der Waals surface area contributed by atoms with Crippen molar-refractivity contribution >= 4 is 15.7 Å². The van der Waals surface area contributed by atoms with E-state index in [9.17, 15) is 8.42 Å². The van der Waals surface area contributed by atoms with E-state index in [2.05, 4.69) is 4.72 Å². The summed E-state index contributed by atoms with van der Waals surface area (Å²) in [6.07, 6.45) is 3.03. The van der Waals surface area contributed by atoms with Gasteiger partial charge in [0.15, 0.2) is 0 Å². The molecule has 7 heteroatoms. The van der Waals surface area contributed by atoms with Crippen LogP contribution in [-0.2, 0) is 14.8 Å². The van der Waals surface area contributed by atoms with Crippen molar-refractivity contribution in [3.63, 3.8) is 0 Å². The average molecular weight is 281 g/mol. The van der Waals surface area contributed by atoms with Gasteiger partial charge in [0.2, 0.25) is 5.88 Å². The van der Waals surface area contributed by atoms with Crippen LogP contribution in [0.2, 0.25) is 0 Å². The predicted octanol–water partition coefficient (Wildman–Crippen LogP) is 1.17. The number of anilines is 1. The molecule has 1 aliphatic rings. The molecule has 2 rings (SSSR count). The van der Waals surface area contributed by atoms with E-state index >= 15 is 0 Å². The molecule has 0 radical (unpaired) electrons. The number of nitrogens with zero attached hydrogens (tertiary/aromatic N) is 1. The van der Waals surface area contributed by atoms with Gasteiger partial charge in [-0.1, -0.05) is 0 Å². The third-order valence-corrected chi connectivity index (χ3v) is 4.01. The zero-order valence-electron chi connectivity index (χ0n) is 10.6. The first kappa shape index (κ1) is 13.3. The van der Waals surface area contributed by atoms with Crippen molar-refractivity contribution in [1.29, 1.82) is 0 Å². The molecule has 1 heterocycles. The van der Waals surface area contributed by atoms with Crippen molar-refractivity contribution < 1.29 is 13.2 Å². The highest BCUT2D eigenvalue weighted by Gasteiger charge is 2.18. The zero-order chi connectivity index (χ0) is 14.0. The lowest BCUT2D eigenvalue weighted by atomic mass is 10.3. The molecule has 0 amide bonds. The van der Waals surface area contributed by atoms with E-state index < -0.39 is 10.0 Å². The number of hydrogen-bond acceptors (Lipinski definition) is 5. The molecule has 0 aromatic heterocycles. The van der Waals surface area contributed by atoms with Crippen molar-refractivity contribution in [2.75, 3.05) is 12.8 Å². The molecule has 0 bridgehead atoms. The minimum atomic E-state index is -3.67. The van der Waals surface area contributed by atoms with Gasteiger partial charge in [0, 0.05) is 18.4 Å². The average Bonchev–Trinajstić information content (AvgIpc) is 2.34. The van der Waals surface area contributed by atoms with Gasteiger partial charge in [-0.25, -0.2) is 13.1 Å². The Balaban J connectivity index is 2.19. The number of nitrogens with one attached hydrogen (secondary N) is 1. The van der Waals surface area contributed by atoms with Crippen LogP contribution >= 0.6 is 0 Å². The topological polar surface area (TPSA) is 84.7 Å². The lowest BCUT2D eigenvalue weighted by molar-refractivity contribution is 0.286. The third-order valence-electron chi connectivity index (χ3n) is 2.65. The minimum Gasteiger partial charge on any atom is -0.445 e. The summed E-state index contributed by atoms with van der Waals surface area (Å²) in [4.78, 5) is 1.88. The summed E-state index contributed by atoms with van der Waals surface area (Å²) < 4.78 is 31.7. The van der Waals surface area contributed by atoms with Gasteiger partial charge in [-0.2, -0.15) is 0 Å². The molecule has 3 N–H and O–H groups in total. The van der Waals surface area contributed by atoms with Gasteiger partial charge in [-0.05, 0) is 31.2 Å². The first-order chi connectivity index (χ1) is 8.88. The van der Waals surface area contributed by atoms with Gasteiger partial charge in [-0.15, -0.1) is 0 Å². The van der Waals surface area contributed by atoms with Crippen molar-refractivity contribution in [2.24, 2.45) is 0 Å². The molecule has 0 unspecified atom stereocenters. The predicted molar refractivity (Wildman–Crippen MR) is 71.9 cm³/mol. The smallest absolute Gasteiger partial charge is 0.264 e. The molecule has 1 aliphatic heterocycles. The van der Waals surface area contributed by atoms with E-state index in [0.29, 0.717) is 5.69 Å². The highest BCUT2D eigenvalue weighted by Crippen LogP contribution is 2.16. The molecular weight excluding hydrogens is 266 g/mol. The number of allylic oxidation sites excluding steroid dienone is 1. The van der Waals surface area contributed by atoms with E-state index in [0.717, 1.165) is 5.70 Å². The largest absolute Gasteiger partial charge is 0.445 e. The van der Waals surface area contributed by atoms with E-state index in [4.69, 9.17) is 10.5 Å².